The van der Waals surface area contributed by atoms with E-state index in [-0.39, 0.29) is 19.3 Å². The van der Waals surface area contributed by atoms with E-state index in [0.717, 1.165) is 49.1 Å². The van der Waals surface area contributed by atoms with Crippen LogP contribution < -0.4 is 20.1 Å². The van der Waals surface area contributed by atoms with Crippen molar-refractivity contribution in [3.8, 4) is 11.5 Å². The second-order valence-electron chi connectivity index (χ2n) is 6.83. The zero-order valence-corrected chi connectivity index (χ0v) is 17.3. The lowest BCUT2D eigenvalue weighted by atomic mass is 10.1. The monoisotopic (exact) mass is 402 g/mol. The summed E-state index contributed by atoms with van der Waals surface area (Å²) >= 11 is 0. The van der Waals surface area contributed by atoms with Crippen molar-refractivity contribution < 1.29 is 14.6 Å². The number of fused-ring (bicyclic) bond motifs is 1. The van der Waals surface area contributed by atoms with Gasteiger partial charge in [-0.3, -0.25) is 0 Å². The molecule has 3 N–H and O–H groups in total. The Bertz CT molecular complexity index is 836. The fraction of sp³-hybridized carbons (Fsp3) is 0.550. The highest BCUT2D eigenvalue weighted by Crippen LogP contribution is 2.28. The summed E-state index contributed by atoms with van der Waals surface area (Å²) < 4.78 is 12.9. The molecule has 0 saturated heterocycles. The lowest BCUT2D eigenvalue weighted by Gasteiger charge is -2.25. The van der Waals surface area contributed by atoms with E-state index in [4.69, 9.17) is 19.6 Å². The zero-order valence-electron chi connectivity index (χ0n) is 17.3. The molecule has 1 aromatic carbocycles. The van der Waals surface area contributed by atoms with Crippen molar-refractivity contribution >= 4 is 5.96 Å². The number of aliphatic imine (C=N–C) groups is 1. The molecule has 1 aromatic heterocycles. The van der Waals surface area contributed by atoms with Crippen LogP contribution in [-0.2, 0) is 13.1 Å². The van der Waals surface area contributed by atoms with Crippen LogP contribution >= 0.6 is 0 Å². The van der Waals surface area contributed by atoms with Gasteiger partial charge in [-0.15, -0.1) is 0 Å². The molecule has 0 saturated carbocycles. The average Bonchev–Trinajstić information content (AvgIpc) is 3.12. The number of nitrogens with one attached hydrogen (secondary N) is 2. The molecule has 9 heteroatoms. The number of guanidine groups is 1. The number of rotatable bonds is 8. The molecule has 29 heavy (non-hydrogen) atoms. The summed E-state index contributed by atoms with van der Waals surface area (Å²) in [6.07, 6.45) is 2.05. The third-order valence-electron chi connectivity index (χ3n) is 4.63. The topological polar surface area (TPSA) is 106 Å². The van der Waals surface area contributed by atoms with E-state index in [1.807, 2.05) is 36.7 Å². The van der Waals surface area contributed by atoms with Crippen LogP contribution in [0.3, 0.4) is 0 Å². The molecule has 0 fully saturated rings. The van der Waals surface area contributed by atoms with Gasteiger partial charge in [0.1, 0.15) is 18.3 Å². The second kappa shape index (κ2) is 10.1. The lowest BCUT2D eigenvalue weighted by molar-refractivity contribution is 0.196. The smallest absolute Gasteiger partial charge is 0.192 e. The Morgan fingerprint density at radius 3 is 3.00 bits per heavy atom. The van der Waals surface area contributed by atoms with Crippen LogP contribution in [-0.4, -0.2) is 52.7 Å². The molecule has 1 atom stereocenters. The van der Waals surface area contributed by atoms with Crippen molar-refractivity contribution in [1.29, 1.82) is 0 Å². The molecular formula is C20H30N6O3. The van der Waals surface area contributed by atoms with Gasteiger partial charge in [-0.2, -0.15) is 5.10 Å². The number of aliphatic hydroxyl groups excluding tert-OH is 1. The summed E-state index contributed by atoms with van der Waals surface area (Å²) in [5.74, 6) is 3.74. The average molecular weight is 402 g/mol. The molecule has 1 aliphatic rings. The number of methoxy groups -OCH3 is 1. The number of aliphatic hydroxyl groups is 1. The molecule has 1 aliphatic heterocycles. The van der Waals surface area contributed by atoms with Crippen molar-refractivity contribution in [3.05, 3.63) is 35.4 Å². The van der Waals surface area contributed by atoms with Crippen LogP contribution in [0.1, 0.15) is 43.0 Å². The summed E-state index contributed by atoms with van der Waals surface area (Å²) in [5.41, 5.74) is 0.998. The third kappa shape index (κ3) is 5.38. The number of nitrogens with zero attached hydrogens (tertiary/aromatic N) is 4. The maximum Gasteiger partial charge on any atom is 0.192 e. The fourth-order valence-electron chi connectivity index (χ4n) is 3.35. The number of benzene rings is 1. The molecule has 158 valence electrons. The molecule has 2 aromatic rings. The first-order valence-electron chi connectivity index (χ1n) is 10.0. The van der Waals surface area contributed by atoms with Gasteiger partial charge in [-0.05, 0) is 44.4 Å². The Morgan fingerprint density at radius 2 is 2.24 bits per heavy atom. The fourth-order valence-corrected chi connectivity index (χ4v) is 3.35. The Hall–Kier alpha value is -2.81. The standard InChI is InChI=1S/C20H30N6O3/c1-4-21-20(24-16-6-5-9-26-19(16)23-14(2)25-26)22-13-15-7-8-17(29-11-10-27)18(12-15)28-3/h7-8,12,16,27H,4-6,9-11,13H2,1-3H3,(H2,21,22,24). The quantitative estimate of drug-likeness (QED) is 0.454. The number of hydrogen-bond donors (Lipinski definition) is 3. The molecule has 0 radical (unpaired) electrons. The highest BCUT2D eigenvalue weighted by atomic mass is 16.5. The Kier molecular flexibility index (Phi) is 7.29. The first-order valence-corrected chi connectivity index (χ1v) is 10.0. The normalized spacial score (nSPS) is 16.3. The Labute approximate surface area is 171 Å². The Morgan fingerprint density at radius 1 is 1.38 bits per heavy atom. The van der Waals surface area contributed by atoms with E-state index in [1.54, 1.807) is 7.11 Å². The molecule has 0 bridgehead atoms. The first-order chi connectivity index (χ1) is 14.1. The lowest BCUT2D eigenvalue weighted by Crippen LogP contribution is -2.41. The van der Waals surface area contributed by atoms with E-state index in [1.165, 1.54) is 0 Å². The van der Waals surface area contributed by atoms with Gasteiger partial charge in [0.05, 0.1) is 26.3 Å². The molecule has 1 unspecified atom stereocenters. The number of aromatic nitrogens is 3. The summed E-state index contributed by atoms with van der Waals surface area (Å²) in [7, 11) is 1.60. The minimum absolute atomic E-state index is 0.0403. The number of aryl methyl sites for hydroxylation is 2. The Balaban J connectivity index is 1.71. The van der Waals surface area contributed by atoms with Crippen LogP contribution in [0.25, 0.3) is 0 Å². The van der Waals surface area contributed by atoms with E-state index >= 15 is 0 Å². The summed E-state index contributed by atoms with van der Waals surface area (Å²) in [5, 5.41) is 20.2. The van der Waals surface area contributed by atoms with Crippen molar-refractivity contribution in [2.75, 3.05) is 26.9 Å². The van der Waals surface area contributed by atoms with Gasteiger partial charge in [-0.1, -0.05) is 6.07 Å². The van der Waals surface area contributed by atoms with E-state index in [0.29, 0.717) is 18.0 Å². The van der Waals surface area contributed by atoms with Crippen LogP contribution in [0.15, 0.2) is 23.2 Å². The maximum atomic E-state index is 8.93. The number of ether oxygens (including phenoxy) is 2. The SMILES string of the molecule is CCNC(=NCc1ccc(OCCO)c(OC)c1)NC1CCCn2nc(C)nc21. The van der Waals surface area contributed by atoms with Crippen molar-refractivity contribution in [3.63, 3.8) is 0 Å². The molecule has 0 amide bonds. The summed E-state index contributed by atoms with van der Waals surface area (Å²) in [6.45, 7) is 6.32. The molecule has 3 rings (SSSR count). The predicted molar refractivity (Wildman–Crippen MR) is 110 cm³/mol. The molecule has 0 spiro atoms. The van der Waals surface area contributed by atoms with Crippen molar-refractivity contribution in [1.82, 2.24) is 25.4 Å². The maximum absolute atomic E-state index is 8.93. The first kappa shape index (κ1) is 20.9. The number of hydrogen-bond acceptors (Lipinski definition) is 6. The molecule has 0 aliphatic carbocycles. The molecule has 9 nitrogen and oxygen atoms in total. The van der Waals surface area contributed by atoms with E-state index < -0.39 is 0 Å². The summed E-state index contributed by atoms with van der Waals surface area (Å²) in [4.78, 5) is 9.30. The van der Waals surface area contributed by atoms with Crippen LogP contribution in [0.5, 0.6) is 11.5 Å². The second-order valence-corrected chi connectivity index (χ2v) is 6.83. The van der Waals surface area contributed by atoms with E-state index in [2.05, 4.69) is 20.7 Å². The minimum atomic E-state index is -0.0403. The van der Waals surface area contributed by atoms with Crippen molar-refractivity contribution in [2.45, 2.75) is 45.8 Å². The molecule has 2 heterocycles. The van der Waals surface area contributed by atoms with E-state index in [9.17, 15) is 0 Å². The van der Waals surface area contributed by atoms with Gasteiger partial charge in [0.15, 0.2) is 17.5 Å². The molecular weight excluding hydrogens is 372 g/mol. The van der Waals surface area contributed by atoms with Crippen LogP contribution in [0, 0.1) is 6.92 Å². The van der Waals surface area contributed by atoms with Gasteiger partial charge in [0.2, 0.25) is 0 Å². The van der Waals surface area contributed by atoms with Gasteiger partial charge in [0, 0.05) is 13.1 Å². The van der Waals surface area contributed by atoms with Gasteiger partial charge in [0.25, 0.3) is 0 Å². The van der Waals surface area contributed by atoms with Crippen molar-refractivity contribution in [2.24, 2.45) is 4.99 Å². The highest BCUT2D eigenvalue weighted by Gasteiger charge is 2.24. The van der Waals surface area contributed by atoms with Crippen LogP contribution in [0.4, 0.5) is 0 Å². The van der Waals surface area contributed by atoms with Crippen LogP contribution in [0.2, 0.25) is 0 Å². The minimum Gasteiger partial charge on any atom is -0.493 e. The largest absolute Gasteiger partial charge is 0.493 e. The summed E-state index contributed by atoms with van der Waals surface area (Å²) in [6, 6.07) is 5.78. The highest BCUT2D eigenvalue weighted by molar-refractivity contribution is 5.80. The predicted octanol–water partition coefficient (Wildman–Crippen LogP) is 1.56. The van der Waals surface area contributed by atoms with Gasteiger partial charge < -0.3 is 25.2 Å². The van der Waals surface area contributed by atoms with Gasteiger partial charge in [-0.25, -0.2) is 14.7 Å². The van der Waals surface area contributed by atoms with Gasteiger partial charge >= 0.3 is 0 Å². The zero-order chi connectivity index (χ0) is 20.6. The third-order valence-corrected chi connectivity index (χ3v) is 4.63.